The van der Waals surface area contributed by atoms with Gasteiger partial charge in [-0.05, 0) is 113 Å². The smallest absolute Gasteiger partial charge is 0.128 e. The van der Waals surface area contributed by atoms with Crippen LogP contribution >= 0.6 is 11.8 Å². The van der Waals surface area contributed by atoms with E-state index in [-0.39, 0.29) is 11.4 Å². The van der Waals surface area contributed by atoms with Crippen molar-refractivity contribution in [2.24, 2.45) is 29.1 Å². The number of nitrogens with one attached hydrogen (secondary N) is 3. The summed E-state index contributed by atoms with van der Waals surface area (Å²) < 4.78 is 0. The first kappa shape index (κ1) is 30.4. The first-order chi connectivity index (χ1) is 20.9. The van der Waals surface area contributed by atoms with Gasteiger partial charge in [0.25, 0.3) is 0 Å². The Bertz CT molecular complexity index is 1310. The lowest BCUT2D eigenvalue weighted by Gasteiger charge is -2.57. The molecule has 4 fully saturated rings. The Morgan fingerprint density at radius 3 is 2.79 bits per heavy atom. The Hall–Kier alpha value is -2.60. The molecule has 6 atom stereocenters. The summed E-state index contributed by atoms with van der Waals surface area (Å²) in [6, 6.07) is 9.05. The third kappa shape index (κ3) is 7.21. The van der Waals surface area contributed by atoms with Crippen molar-refractivity contribution in [3.05, 3.63) is 54.4 Å². The summed E-state index contributed by atoms with van der Waals surface area (Å²) in [6.45, 7) is 8.67. The second-order valence-corrected chi connectivity index (χ2v) is 15.2. The van der Waals surface area contributed by atoms with Gasteiger partial charge in [-0.25, -0.2) is 9.97 Å². The molecule has 3 unspecified atom stereocenters. The Morgan fingerprint density at radius 1 is 1.14 bits per heavy atom. The van der Waals surface area contributed by atoms with Crippen LogP contribution in [0, 0.1) is 40.4 Å². The lowest BCUT2D eigenvalue weighted by molar-refractivity contribution is -0.0445. The van der Waals surface area contributed by atoms with E-state index in [1.807, 2.05) is 24.4 Å². The van der Waals surface area contributed by atoms with Crippen LogP contribution in [-0.2, 0) is 6.54 Å². The molecule has 4 N–H and O–H groups in total. The van der Waals surface area contributed by atoms with Gasteiger partial charge in [-0.3, -0.25) is 0 Å². The Labute approximate surface area is 261 Å². The molecule has 2 heterocycles. The Morgan fingerprint density at radius 2 is 1.98 bits per heavy atom. The van der Waals surface area contributed by atoms with Gasteiger partial charge in [0.15, 0.2) is 0 Å². The zero-order chi connectivity index (χ0) is 29.8. The molecule has 0 aliphatic heterocycles. The van der Waals surface area contributed by atoms with Crippen LogP contribution in [0.5, 0.6) is 0 Å². The second-order valence-electron chi connectivity index (χ2n) is 13.8. The fraction of sp³-hybridized carbons (Fsp3) is 0.629. The minimum absolute atomic E-state index is 0.0774. The molecule has 4 aliphatic carbocycles. The monoisotopic (exact) mass is 600 g/mol. The zero-order valence-corrected chi connectivity index (χ0v) is 26.4. The molecular formula is C35H48N6OS. The van der Waals surface area contributed by atoms with Crippen molar-refractivity contribution >= 4 is 23.3 Å². The van der Waals surface area contributed by atoms with Crippen molar-refractivity contribution in [3.8, 4) is 6.07 Å². The number of nitriles is 1. The third-order valence-corrected chi connectivity index (χ3v) is 12.1. The normalized spacial score (nSPS) is 32.0. The molecule has 0 radical (unpaired) electrons. The summed E-state index contributed by atoms with van der Waals surface area (Å²) >= 11 is 1.70. The van der Waals surface area contributed by atoms with Crippen molar-refractivity contribution in [2.45, 2.75) is 100 Å². The van der Waals surface area contributed by atoms with E-state index in [4.69, 9.17) is 0 Å². The summed E-state index contributed by atoms with van der Waals surface area (Å²) in [7, 11) is 0. The highest BCUT2D eigenvalue weighted by molar-refractivity contribution is 8.00. The van der Waals surface area contributed by atoms with E-state index in [1.165, 1.54) is 38.5 Å². The average Bonchev–Trinajstić information content (AvgIpc) is 3.03. The molecule has 4 aliphatic rings. The third-order valence-electron chi connectivity index (χ3n) is 10.9. The maximum Gasteiger partial charge on any atom is 0.128 e. The van der Waals surface area contributed by atoms with Crippen LogP contribution in [0.25, 0.3) is 0 Å². The zero-order valence-electron chi connectivity index (χ0n) is 25.6. The van der Waals surface area contributed by atoms with Crippen molar-refractivity contribution < 1.29 is 5.11 Å². The maximum atomic E-state index is 9.90. The number of pyridine rings is 2. The number of rotatable bonds is 12. The molecular weight excluding hydrogens is 552 g/mol. The van der Waals surface area contributed by atoms with Crippen molar-refractivity contribution in [1.29, 1.82) is 5.26 Å². The predicted octanol–water partition coefficient (Wildman–Crippen LogP) is 6.76. The molecule has 0 amide bonds. The van der Waals surface area contributed by atoms with Crippen LogP contribution in [0.15, 0.2) is 48.3 Å². The molecule has 2 aromatic heterocycles. The number of anilines is 2. The van der Waals surface area contributed by atoms with Gasteiger partial charge < -0.3 is 21.1 Å². The number of fused-ring (bicyclic) bond motifs is 2. The van der Waals surface area contributed by atoms with Crippen LogP contribution in [0.1, 0.15) is 82.3 Å². The summed E-state index contributed by atoms with van der Waals surface area (Å²) in [5.41, 5.74) is 2.89. The van der Waals surface area contributed by atoms with E-state index in [2.05, 4.69) is 51.6 Å². The van der Waals surface area contributed by atoms with Gasteiger partial charge >= 0.3 is 0 Å². The van der Waals surface area contributed by atoms with Crippen molar-refractivity contribution in [2.75, 3.05) is 23.7 Å². The number of hydrogen-bond donors (Lipinski definition) is 4. The van der Waals surface area contributed by atoms with E-state index in [0.717, 1.165) is 84.5 Å². The average molecular weight is 601 g/mol. The topological polar surface area (TPSA) is 106 Å². The molecule has 43 heavy (non-hydrogen) atoms. The number of aliphatic hydroxyl groups excluding tert-OH is 1. The summed E-state index contributed by atoms with van der Waals surface area (Å²) in [6.07, 6.45) is 17.6. The molecule has 6 rings (SSSR count). The van der Waals surface area contributed by atoms with E-state index < -0.39 is 0 Å². The molecule has 3 bridgehead atoms. The first-order valence-electron chi connectivity index (χ1n) is 16.5. The number of nitrogens with zero attached hydrogens (tertiary/aromatic N) is 3. The van der Waals surface area contributed by atoms with Crippen LogP contribution in [-0.4, -0.2) is 45.6 Å². The summed E-state index contributed by atoms with van der Waals surface area (Å²) in [5, 5.41) is 32.3. The molecule has 230 valence electrons. The van der Waals surface area contributed by atoms with Gasteiger partial charge in [-0.2, -0.15) is 5.26 Å². The fourth-order valence-corrected chi connectivity index (χ4v) is 9.33. The van der Waals surface area contributed by atoms with Crippen molar-refractivity contribution in [3.63, 3.8) is 0 Å². The maximum absolute atomic E-state index is 9.90. The van der Waals surface area contributed by atoms with Crippen LogP contribution in [0.2, 0.25) is 0 Å². The highest BCUT2D eigenvalue weighted by atomic mass is 32.2. The second kappa shape index (κ2) is 13.6. The molecule has 8 heteroatoms. The minimum atomic E-state index is -0.0774. The Kier molecular flexibility index (Phi) is 9.61. The highest BCUT2D eigenvalue weighted by Crippen LogP contribution is 2.58. The van der Waals surface area contributed by atoms with Gasteiger partial charge in [-0.1, -0.05) is 23.9 Å². The molecule has 2 aromatic rings. The molecule has 0 saturated heterocycles. The summed E-state index contributed by atoms with van der Waals surface area (Å²) in [4.78, 5) is 9.13. The van der Waals surface area contributed by atoms with Gasteiger partial charge in [0.05, 0.1) is 17.4 Å². The van der Waals surface area contributed by atoms with Gasteiger partial charge in [0.1, 0.15) is 16.9 Å². The van der Waals surface area contributed by atoms with E-state index in [1.54, 1.807) is 18.0 Å². The first-order valence-corrected chi connectivity index (χ1v) is 17.3. The molecule has 0 aromatic carbocycles. The quantitative estimate of drug-likeness (QED) is 0.156. The molecule has 7 nitrogen and oxygen atoms in total. The number of aromatic nitrogens is 2. The van der Waals surface area contributed by atoms with Crippen LogP contribution in [0.3, 0.4) is 0 Å². The number of aliphatic hydroxyl groups is 1. The minimum Gasteiger partial charge on any atom is -0.393 e. The van der Waals surface area contributed by atoms with Gasteiger partial charge in [0, 0.05) is 48.4 Å². The van der Waals surface area contributed by atoms with Crippen LogP contribution in [0.4, 0.5) is 11.5 Å². The van der Waals surface area contributed by atoms with E-state index in [0.29, 0.717) is 23.6 Å². The standard InChI is InChI=1S/C35H48N6OS/c1-3-23(2)43-34-26(5-4-12-37-34)20-39-33-15-32(29(18-36)21-40-33)41-22-35-11-10-25-14-31(28(17-35)13-27(25)16-35)38-19-24-6-8-30(42)9-7-24/h3-5,12,15,21,23-25,27-28,30-31,38,42H,1,6-11,13-14,16-17,19-20,22H2,2H3,(H2,39,40,41)/t23?,24?,25?,27?,28-,30?,31+,35-/m1/s1. The van der Waals surface area contributed by atoms with E-state index in [9.17, 15) is 10.4 Å². The SMILES string of the molecule is C=CC(C)Sc1ncccc1CNc1cc(NC[C@]23CCC4C[C@H](NCC5CCC(O)CC5)[C@H](CC4C2)C3)c(C#N)cn1. The highest BCUT2D eigenvalue weighted by Gasteiger charge is 2.51. The van der Waals surface area contributed by atoms with E-state index >= 15 is 0 Å². The lowest BCUT2D eigenvalue weighted by atomic mass is 9.50. The van der Waals surface area contributed by atoms with Gasteiger partial charge in [0.2, 0.25) is 0 Å². The van der Waals surface area contributed by atoms with Gasteiger partial charge in [-0.15, -0.1) is 6.58 Å². The lowest BCUT2D eigenvalue weighted by Crippen LogP contribution is -2.55. The predicted molar refractivity (Wildman–Crippen MR) is 175 cm³/mol. The van der Waals surface area contributed by atoms with Crippen LogP contribution < -0.4 is 16.0 Å². The molecule has 0 spiro atoms. The number of thioether (sulfide) groups is 1. The Balaban J connectivity index is 1.09. The molecule has 4 saturated carbocycles. The van der Waals surface area contributed by atoms with Crippen molar-refractivity contribution in [1.82, 2.24) is 15.3 Å². The number of hydrogen-bond acceptors (Lipinski definition) is 8. The largest absolute Gasteiger partial charge is 0.393 e. The summed E-state index contributed by atoms with van der Waals surface area (Å²) in [5.74, 6) is 3.92. The fourth-order valence-electron chi connectivity index (χ4n) is 8.47.